The number of ether oxygens (including phenoxy) is 1. The van der Waals surface area contributed by atoms with Gasteiger partial charge in [-0.05, 0) is 43.9 Å². The van der Waals surface area contributed by atoms with E-state index >= 15 is 0 Å². The second-order valence-corrected chi connectivity index (χ2v) is 8.67. The summed E-state index contributed by atoms with van der Waals surface area (Å²) in [6.45, 7) is 5.01. The van der Waals surface area contributed by atoms with Crippen LogP contribution in [0.5, 0.6) is 0 Å². The summed E-state index contributed by atoms with van der Waals surface area (Å²) >= 11 is 0. The SMILES string of the molecule is CN(CCC1CCOCC1)C(=O)C[C@H]1C(=O)NCCN1CC1CCCCC1. The van der Waals surface area contributed by atoms with Crippen molar-refractivity contribution in [2.45, 2.75) is 63.8 Å². The van der Waals surface area contributed by atoms with E-state index in [1.807, 2.05) is 11.9 Å². The second kappa shape index (κ2) is 10.4. The molecule has 0 aromatic carbocycles. The van der Waals surface area contributed by atoms with Crippen LogP contribution < -0.4 is 5.32 Å². The molecule has 2 saturated heterocycles. The molecule has 3 fully saturated rings. The molecule has 0 bridgehead atoms. The van der Waals surface area contributed by atoms with Gasteiger partial charge in [0.25, 0.3) is 0 Å². The Hall–Kier alpha value is -1.14. The maximum atomic E-state index is 12.8. The van der Waals surface area contributed by atoms with Crippen molar-refractivity contribution in [3.05, 3.63) is 0 Å². The van der Waals surface area contributed by atoms with Crippen molar-refractivity contribution >= 4 is 11.8 Å². The number of rotatable bonds is 7. The van der Waals surface area contributed by atoms with Crippen molar-refractivity contribution in [1.82, 2.24) is 15.1 Å². The number of carbonyl (C=O) groups excluding carboxylic acids is 2. The van der Waals surface area contributed by atoms with Crippen molar-refractivity contribution in [1.29, 1.82) is 0 Å². The Kier molecular flexibility index (Phi) is 7.94. The maximum absolute atomic E-state index is 12.8. The van der Waals surface area contributed by atoms with Crippen LogP contribution >= 0.6 is 0 Å². The van der Waals surface area contributed by atoms with Gasteiger partial charge in [-0.3, -0.25) is 14.5 Å². The minimum Gasteiger partial charge on any atom is -0.381 e. The van der Waals surface area contributed by atoms with E-state index in [0.717, 1.165) is 52.1 Å². The van der Waals surface area contributed by atoms with Crippen LogP contribution in [0.1, 0.15) is 57.8 Å². The minimum atomic E-state index is -0.293. The predicted molar refractivity (Wildman–Crippen MR) is 105 cm³/mol. The second-order valence-electron chi connectivity index (χ2n) is 8.67. The Labute approximate surface area is 164 Å². The summed E-state index contributed by atoms with van der Waals surface area (Å²) in [5, 5.41) is 2.96. The zero-order chi connectivity index (χ0) is 19.1. The molecule has 3 aliphatic rings. The van der Waals surface area contributed by atoms with E-state index in [0.29, 0.717) is 24.8 Å². The Morgan fingerprint density at radius 2 is 1.89 bits per heavy atom. The fraction of sp³-hybridized carbons (Fsp3) is 0.905. The molecule has 1 atom stereocenters. The number of hydrogen-bond donors (Lipinski definition) is 1. The molecule has 27 heavy (non-hydrogen) atoms. The number of nitrogens with one attached hydrogen (secondary N) is 1. The van der Waals surface area contributed by atoms with E-state index in [-0.39, 0.29) is 17.9 Å². The molecule has 0 unspecified atom stereocenters. The van der Waals surface area contributed by atoms with Gasteiger partial charge >= 0.3 is 0 Å². The van der Waals surface area contributed by atoms with E-state index in [4.69, 9.17) is 4.74 Å². The quantitative estimate of drug-likeness (QED) is 0.735. The Morgan fingerprint density at radius 1 is 1.15 bits per heavy atom. The molecule has 1 aliphatic carbocycles. The molecule has 1 N–H and O–H groups in total. The lowest BCUT2D eigenvalue weighted by Gasteiger charge is -2.38. The summed E-state index contributed by atoms with van der Waals surface area (Å²) in [5.41, 5.74) is 0. The fourth-order valence-corrected chi connectivity index (χ4v) is 4.76. The van der Waals surface area contributed by atoms with Gasteiger partial charge in [-0.15, -0.1) is 0 Å². The van der Waals surface area contributed by atoms with Crippen molar-refractivity contribution < 1.29 is 14.3 Å². The van der Waals surface area contributed by atoms with Gasteiger partial charge in [-0.2, -0.15) is 0 Å². The number of piperazine rings is 1. The summed E-state index contributed by atoms with van der Waals surface area (Å²) in [5.74, 6) is 1.48. The predicted octanol–water partition coefficient (Wildman–Crippen LogP) is 2.03. The highest BCUT2D eigenvalue weighted by Crippen LogP contribution is 2.26. The van der Waals surface area contributed by atoms with Gasteiger partial charge in [0, 0.05) is 46.4 Å². The van der Waals surface area contributed by atoms with Crippen LogP contribution in [-0.2, 0) is 14.3 Å². The van der Waals surface area contributed by atoms with E-state index in [9.17, 15) is 9.59 Å². The molecule has 0 spiro atoms. The van der Waals surface area contributed by atoms with E-state index < -0.39 is 0 Å². The first-order valence-corrected chi connectivity index (χ1v) is 11.0. The average molecular weight is 380 g/mol. The lowest BCUT2D eigenvalue weighted by molar-refractivity contribution is -0.138. The molecule has 154 valence electrons. The lowest BCUT2D eigenvalue weighted by Crippen LogP contribution is -2.57. The minimum absolute atomic E-state index is 0.0308. The Bertz CT molecular complexity index is 487. The third-order valence-corrected chi connectivity index (χ3v) is 6.67. The molecule has 0 aromatic rings. The Morgan fingerprint density at radius 3 is 2.63 bits per heavy atom. The number of hydrogen-bond acceptors (Lipinski definition) is 4. The molecule has 1 saturated carbocycles. The van der Waals surface area contributed by atoms with Gasteiger partial charge < -0.3 is 15.0 Å². The van der Waals surface area contributed by atoms with Gasteiger partial charge in [-0.25, -0.2) is 0 Å². The third kappa shape index (κ3) is 6.18. The third-order valence-electron chi connectivity index (χ3n) is 6.67. The molecular weight excluding hydrogens is 342 g/mol. The van der Waals surface area contributed by atoms with Crippen LogP contribution in [0.4, 0.5) is 0 Å². The maximum Gasteiger partial charge on any atom is 0.237 e. The molecule has 2 aliphatic heterocycles. The summed E-state index contributed by atoms with van der Waals surface area (Å²) in [6, 6.07) is -0.293. The summed E-state index contributed by atoms with van der Waals surface area (Å²) in [4.78, 5) is 29.3. The lowest BCUT2D eigenvalue weighted by atomic mass is 9.88. The highest BCUT2D eigenvalue weighted by Gasteiger charge is 2.33. The highest BCUT2D eigenvalue weighted by atomic mass is 16.5. The average Bonchev–Trinajstić information content (AvgIpc) is 2.70. The highest BCUT2D eigenvalue weighted by molar-refractivity contribution is 5.88. The van der Waals surface area contributed by atoms with Crippen molar-refractivity contribution in [3.8, 4) is 0 Å². The number of amides is 2. The van der Waals surface area contributed by atoms with Crippen LogP contribution in [0.2, 0.25) is 0 Å². The van der Waals surface area contributed by atoms with Crippen LogP contribution in [0.3, 0.4) is 0 Å². The van der Waals surface area contributed by atoms with Crippen LogP contribution in [0.15, 0.2) is 0 Å². The van der Waals surface area contributed by atoms with Gasteiger partial charge in [0.2, 0.25) is 11.8 Å². The number of carbonyl (C=O) groups is 2. The van der Waals surface area contributed by atoms with E-state index in [1.54, 1.807) is 0 Å². The topological polar surface area (TPSA) is 61.9 Å². The first-order valence-electron chi connectivity index (χ1n) is 11.0. The normalized spacial score (nSPS) is 26.0. The molecule has 0 aromatic heterocycles. The van der Waals surface area contributed by atoms with Gasteiger partial charge in [0.1, 0.15) is 0 Å². The van der Waals surface area contributed by atoms with Crippen molar-refractivity contribution in [3.63, 3.8) is 0 Å². The van der Waals surface area contributed by atoms with Crippen molar-refractivity contribution in [2.75, 3.05) is 46.4 Å². The Balaban J connectivity index is 1.48. The molecule has 0 radical (unpaired) electrons. The van der Waals surface area contributed by atoms with Crippen LogP contribution in [0.25, 0.3) is 0 Å². The van der Waals surface area contributed by atoms with Gasteiger partial charge in [-0.1, -0.05) is 19.3 Å². The van der Waals surface area contributed by atoms with Gasteiger partial charge in [0.05, 0.1) is 12.5 Å². The molecule has 6 heteroatoms. The molecular formula is C21H37N3O3. The first kappa shape index (κ1) is 20.6. The number of nitrogens with zero attached hydrogens (tertiary/aromatic N) is 2. The van der Waals surface area contributed by atoms with E-state index in [2.05, 4.69) is 10.2 Å². The van der Waals surface area contributed by atoms with Crippen molar-refractivity contribution in [2.24, 2.45) is 11.8 Å². The van der Waals surface area contributed by atoms with Crippen LogP contribution in [-0.4, -0.2) is 74.1 Å². The zero-order valence-corrected chi connectivity index (χ0v) is 17.0. The molecule has 3 rings (SSSR count). The fourth-order valence-electron chi connectivity index (χ4n) is 4.76. The first-order chi connectivity index (χ1) is 13.1. The summed E-state index contributed by atoms with van der Waals surface area (Å²) in [7, 11) is 1.88. The monoisotopic (exact) mass is 379 g/mol. The standard InChI is InChI=1S/C21H37N3O3/c1-23(11-7-17-8-13-27-14-9-17)20(25)15-19-21(26)22-10-12-24(19)16-18-5-3-2-4-6-18/h17-19H,2-16H2,1H3,(H,22,26)/t19-/m0/s1. The van der Waals surface area contributed by atoms with Crippen LogP contribution in [0, 0.1) is 11.8 Å². The smallest absolute Gasteiger partial charge is 0.237 e. The molecule has 6 nitrogen and oxygen atoms in total. The largest absolute Gasteiger partial charge is 0.381 e. The van der Waals surface area contributed by atoms with E-state index in [1.165, 1.54) is 32.1 Å². The summed E-state index contributed by atoms with van der Waals surface area (Å²) in [6.07, 6.45) is 10.0. The van der Waals surface area contributed by atoms with Gasteiger partial charge in [0.15, 0.2) is 0 Å². The molecule has 2 amide bonds. The zero-order valence-electron chi connectivity index (χ0n) is 17.0. The summed E-state index contributed by atoms with van der Waals surface area (Å²) < 4.78 is 5.41. The molecule has 2 heterocycles.